The highest BCUT2D eigenvalue weighted by atomic mass is 16.2. The van der Waals surface area contributed by atoms with Crippen molar-refractivity contribution in [1.29, 1.82) is 0 Å². The summed E-state index contributed by atoms with van der Waals surface area (Å²) < 4.78 is 1.65. The molecule has 0 saturated carbocycles. The zero-order chi connectivity index (χ0) is 19.7. The van der Waals surface area contributed by atoms with Gasteiger partial charge in [-0.05, 0) is 51.0 Å². The van der Waals surface area contributed by atoms with E-state index in [1.807, 2.05) is 67.3 Å². The molecule has 144 valence electrons. The fraction of sp³-hybridized carbons (Fsp3) is 0.318. The lowest BCUT2D eigenvalue weighted by Gasteiger charge is -2.31. The lowest BCUT2D eigenvalue weighted by atomic mass is 9.95. The SMILES string of the molecule is Cc1ccc(-n2c(C3CCN(C(=O)c4cccc(C)c4)CC3)n[nH]c2=O)cc1. The molecule has 1 aliphatic rings. The van der Waals surface area contributed by atoms with Gasteiger partial charge in [-0.15, -0.1) is 0 Å². The Morgan fingerprint density at radius 2 is 1.75 bits per heavy atom. The van der Waals surface area contributed by atoms with Gasteiger partial charge in [-0.3, -0.25) is 4.79 Å². The van der Waals surface area contributed by atoms with Crippen LogP contribution >= 0.6 is 0 Å². The molecule has 0 unspecified atom stereocenters. The van der Waals surface area contributed by atoms with Gasteiger partial charge in [-0.1, -0.05) is 35.4 Å². The average Bonchev–Trinajstić information content (AvgIpc) is 3.09. The second kappa shape index (κ2) is 7.46. The Bertz CT molecular complexity index is 1040. The van der Waals surface area contributed by atoms with Crippen molar-refractivity contribution >= 4 is 5.91 Å². The minimum atomic E-state index is -0.225. The summed E-state index contributed by atoms with van der Waals surface area (Å²) in [4.78, 5) is 27.0. The van der Waals surface area contributed by atoms with Gasteiger partial charge in [0.05, 0.1) is 5.69 Å². The lowest BCUT2D eigenvalue weighted by Crippen LogP contribution is -2.38. The lowest BCUT2D eigenvalue weighted by molar-refractivity contribution is 0.0710. The van der Waals surface area contributed by atoms with Crippen molar-refractivity contribution in [2.24, 2.45) is 0 Å². The molecule has 28 heavy (non-hydrogen) atoms. The van der Waals surface area contributed by atoms with Gasteiger partial charge in [0.2, 0.25) is 0 Å². The van der Waals surface area contributed by atoms with E-state index in [-0.39, 0.29) is 17.5 Å². The number of carbonyl (C=O) groups excluding carboxylic acids is 1. The minimum Gasteiger partial charge on any atom is -0.339 e. The van der Waals surface area contributed by atoms with Gasteiger partial charge < -0.3 is 4.90 Å². The summed E-state index contributed by atoms with van der Waals surface area (Å²) >= 11 is 0. The van der Waals surface area contributed by atoms with Crippen LogP contribution in [0.5, 0.6) is 0 Å². The number of nitrogens with one attached hydrogen (secondary N) is 1. The summed E-state index contributed by atoms with van der Waals surface area (Å²) in [5.41, 5.74) is 3.55. The largest absolute Gasteiger partial charge is 0.347 e. The topological polar surface area (TPSA) is 71.0 Å². The molecular formula is C22H24N4O2. The molecule has 0 bridgehead atoms. The molecule has 0 aliphatic carbocycles. The number of hydrogen-bond donors (Lipinski definition) is 1. The number of benzene rings is 2. The zero-order valence-corrected chi connectivity index (χ0v) is 16.2. The van der Waals surface area contributed by atoms with Crippen molar-refractivity contribution in [2.45, 2.75) is 32.6 Å². The molecule has 2 heterocycles. The molecule has 1 aliphatic heterocycles. The Balaban J connectivity index is 1.51. The third kappa shape index (κ3) is 3.50. The van der Waals surface area contributed by atoms with Crippen LogP contribution in [-0.2, 0) is 0 Å². The van der Waals surface area contributed by atoms with Gasteiger partial charge >= 0.3 is 5.69 Å². The van der Waals surface area contributed by atoms with Crippen LogP contribution in [0, 0.1) is 13.8 Å². The van der Waals surface area contributed by atoms with E-state index in [2.05, 4.69) is 10.2 Å². The van der Waals surface area contributed by atoms with Crippen molar-refractivity contribution in [3.05, 3.63) is 81.5 Å². The maximum Gasteiger partial charge on any atom is 0.347 e. The third-order valence-electron chi connectivity index (χ3n) is 5.40. The second-order valence-corrected chi connectivity index (χ2v) is 7.49. The predicted molar refractivity (Wildman–Crippen MR) is 108 cm³/mol. The summed E-state index contributed by atoms with van der Waals surface area (Å²) in [6.07, 6.45) is 1.57. The molecular weight excluding hydrogens is 352 g/mol. The molecule has 0 spiro atoms. The number of piperidine rings is 1. The molecule has 4 rings (SSSR count). The molecule has 2 aromatic carbocycles. The van der Waals surface area contributed by atoms with Crippen LogP contribution in [0.3, 0.4) is 0 Å². The van der Waals surface area contributed by atoms with Gasteiger partial charge in [0, 0.05) is 24.6 Å². The molecule has 6 heteroatoms. The number of H-pyrrole nitrogens is 1. The number of hydrogen-bond acceptors (Lipinski definition) is 3. The Kier molecular flexibility index (Phi) is 4.86. The molecule has 1 N–H and O–H groups in total. The first-order valence-electron chi connectivity index (χ1n) is 9.63. The van der Waals surface area contributed by atoms with Crippen molar-refractivity contribution in [3.63, 3.8) is 0 Å². The fourth-order valence-corrected chi connectivity index (χ4v) is 3.83. The predicted octanol–water partition coefficient (Wildman–Crippen LogP) is 3.20. The molecule has 1 amide bonds. The van der Waals surface area contributed by atoms with Gasteiger partial charge in [0.1, 0.15) is 5.82 Å². The molecule has 0 radical (unpaired) electrons. The van der Waals surface area contributed by atoms with E-state index in [1.54, 1.807) is 4.57 Å². The fourth-order valence-electron chi connectivity index (χ4n) is 3.83. The second-order valence-electron chi connectivity index (χ2n) is 7.49. The zero-order valence-electron chi connectivity index (χ0n) is 16.2. The number of amides is 1. The Morgan fingerprint density at radius 3 is 2.43 bits per heavy atom. The highest BCUT2D eigenvalue weighted by molar-refractivity contribution is 5.94. The molecule has 0 atom stereocenters. The summed E-state index contributed by atoms with van der Waals surface area (Å²) in [6.45, 7) is 5.33. The van der Waals surface area contributed by atoms with E-state index in [1.165, 1.54) is 0 Å². The number of rotatable bonds is 3. The van der Waals surface area contributed by atoms with Crippen LogP contribution in [0.15, 0.2) is 53.3 Å². The normalized spacial score (nSPS) is 15.0. The van der Waals surface area contributed by atoms with Crippen LogP contribution < -0.4 is 5.69 Å². The highest BCUT2D eigenvalue weighted by Gasteiger charge is 2.28. The number of aromatic nitrogens is 3. The van der Waals surface area contributed by atoms with Crippen LogP contribution in [0.2, 0.25) is 0 Å². The van der Waals surface area contributed by atoms with Gasteiger partial charge in [-0.2, -0.15) is 5.10 Å². The van der Waals surface area contributed by atoms with Gasteiger partial charge in [0.15, 0.2) is 0 Å². The van der Waals surface area contributed by atoms with Crippen LogP contribution in [0.1, 0.15) is 46.1 Å². The van der Waals surface area contributed by atoms with E-state index in [0.717, 1.165) is 41.0 Å². The Hall–Kier alpha value is -3.15. The third-order valence-corrected chi connectivity index (χ3v) is 5.40. The smallest absolute Gasteiger partial charge is 0.339 e. The highest BCUT2D eigenvalue weighted by Crippen LogP contribution is 2.28. The first-order valence-corrected chi connectivity index (χ1v) is 9.63. The molecule has 1 fully saturated rings. The Morgan fingerprint density at radius 1 is 1.04 bits per heavy atom. The number of carbonyl (C=O) groups is 1. The van der Waals surface area contributed by atoms with Crippen molar-refractivity contribution < 1.29 is 4.79 Å². The Labute approximate surface area is 163 Å². The van der Waals surface area contributed by atoms with E-state index < -0.39 is 0 Å². The quantitative estimate of drug-likeness (QED) is 0.763. The van der Waals surface area contributed by atoms with E-state index >= 15 is 0 Å². The molecule has 6 nitrogen and oxygen atoms in total. The van der Waals surface area contributed by atoms with Crippen molar-refractivity contribution in [2.75, 3.05) is 13.1 Å². The molecule has 3 aromatic rings. The summed E-state index contributed by atoms with van der Waals surface area (Å²) in [5.74, 6) is 0.957. The first-order chi connectivity index (χ1) is 13.5. The summed E-state index contributed by atoms with van der Waals surface area (Å²) in [5, 5.41) is 6.89. The minimum absolute atomic E-state index is 0.0695. The van der Waals surface area contributed by atoms with Crippen LogP contribution in [-0.4, -0.2) is 38.7 Å². The number of nitrogens with zero attached hydrogens (tertiary/aromatic N) is 3. The first kappa shape index (κ1) is 18.2. The van der Waals surface area contributed by atoms with E-state index in [0.29, 0.717) is 13.1 Å². The number of aryl methyl sites for hydroxylation is 2. The monoisotopic (exact) mass is 376 g/mol. The molecule has 1 aromatic heterocycles. The van der Waals surface area contributed by atoms with Crippen molar-refractivity contribution in [3.8, 4) is 5.69 Å². The van der Waals surface area contributed by atoms with Crippen LogP contribution in [0.25, 0.3) is 5.69 Å². The standard InChI is InChI=1S/C22H24N4O2/c1-15-6-8-19(9-7-15)26-20(23-24-22(26)28)17-10-12-25(13-11-17)21(27)18-5-3-4-16(2)14-18/h3-9,14,17H,10-13H2,1-2H3,(H,24,28). The molecule has 1 saturated heterocycles. The van der Waals surface area contributed by atoms with Gasteiger partial charge in [0.25, 0.3) is 5.91 Å². The van der Waals surface area contributed by atoms with E-state index in [9.17, 15) is 9.59 Å². The average molecular weight is 376 g/mol. The van der Waals surface area contributed by atoms with Gasteiger partial charge in [-0.25, -0.2) is 14.5 Å². The maximum atomic E-state index is 12.8. The van der Waals surface area contributed by atoms with Crippen LogP contribution in [0.4, 0.5) is 0 Å². The summed E-state index contributed by atoms with van der Waals surface area (Å²) in [6, 6.07) is 15.5. The summed E-state index contributed by atoms with van der Waals surface area (Å²) in [7, 11) is 0. The number of likely N-dealkylation sites (tertiary alicyclic amines) is 1. The number of aromatic amines is 1. The van der Waals surface area contributed by atoms with Crippen molar-refractivity contribution in [1.82, 2.24) is 19.7 Å². The maximum absolute atomic E-state index is 12.8. The van der Waals surface area contributed by atoms with E-state index in [4.69, 9.17) is 0 Å².